The second kappa shape index (κ2) is 7.09. The van der Waals surface area contributed by atoms with Crippen LogP contribution >= 0.6 is 0 Å². The molecule has 2 heterocycles. The fraction of sp³-hybridized carbons (Fsp3) is 0.647. The number of rotatable bonds is 4. The average molecular weight is 273 g/mol. The molecule has 0 aliphatic carbocycles. The van der Waals surface area contributed by atoms with Crippen molar-refractivity contribution < 1.29 is 0 Å². The summed E-state index contributed by atoms with van der Waals surface area (Å²) in [6.07, 6.45) is 8.15. The lowest BCUT2D eigenvalue weighted by Gasteiger charge is -2.29. The summed E-state index contributed by atoms with van der Waals surface area (Å²) in [6.45, 7) is 5.81. The molecule has 2 aliphatic rings. The number of piperidine rings is 2. The van der Waals surface area contributed by atoms with Gasteiger partial charge in [0.1, 0.15) is 0 Å². The number of hydrogen-bond acceptors (Lipinski definition) is 3. The monoisotopic (exact) mass is 273 g/mol. The number of nitrogens with one attached hydrogen (secondary N) is 1. The van der Waals surface area contributed by atoms with Crippen LogP contribution in [0, 0.1) is 0 Å². The van der Waals surface area contributed by atoms with Gasteiger partial charge in [-0.2, -0.15) is 0 Å². The molecule has 2 fully saturated rings. The predicted octanol–water partition coefficient (Wildman–Crippen LogP) is 3.17. The van der Waals surface area contributed by atoms with E-state index in [2.05, 4.69) is 39.6 Å². The van der Waals surface area contributed by atoms with Crippen LogP contribution in [0.15, 0.2) is 24.3 Å². The van der Waals surface area contributed by atoms with Crippen molar-refractivity contribution in [1.29, 1.82) is 0 Å². The highest BCUT2D eigenvalue weighted by Gasteiger charge is 2.11. The van der Waals surface area contributed by atoms with Gasteiger partial charge in [0.25, 0.3) is 0 Å². The normalized spacial score (nSPS) is 21.1. The van der Waals surface area contributed by atoms with Gasteiger partial charge in [0.05, 0.1) is 0 Å². The van der Waals surface area contributed by atoms with E-state index in [9.17, 15) is 0 Å². The summed E-state index contributed by atoms with van der Waals surface area (Å²) in [6, 6.07) is 9.14. The Labute approximate surface area is 122 Å². The zero-order valence-electron chi connectivity index (χ0n) is 12.5. The average Bonchev–Trinajstić information content (AvgIpc) is 2.55. The molecule has 0 radical (unpaired) electrons. The van der Waals surface area contributed by atoms with Gasteiger partial charge in [-0.25, -0.2) is 5.01 Å². The molecular formula is C17H27N3. The largest absolute Gasteiger partial charge is 0.372 e. The molecule has 3 rings (SSSR count). The predicted molar refractivity (Wildman–Crippen MR) is 84.8 cm³/mol. The first-order chi connectivity index (χ1) is 9.92. The van der Waals surface area contributed by atoms with Gasteiger partial charge in [0.15, 0.2) is 0 Å². The maximum absolute atomic E-state index is 3.56. The van der Waals surface area contributed by atoms with E-state index in [-0.39, 0.29) is 0 Å². The van der Waals surface area contributed by atoms with Gasteiger partial charge in [0.2, 0.25) is 0 Å². The Hall–Kier alpha value is -1.06. The first kappa shape index (κ1) is 13.9. The number of anilines is 1. The molecule has 0 spiro atoms. The molecule has 20 heavy (non-hydrogen) atoms. The first-order valence-electron chi connectivity index (χ1n) is 8.24. The summed E-state index contributed by atoms with van der Waals surface area (Å²) in [5.74, 6) is 0. The highest BCUT2D eigenvalue weighted by Crippen LogP contribution is 2.20. The van der Waals surface area contributed by atoms with Gasteiger partial charge in [-0.05, 0) is 49.8 Å². The standard InChI is InChI=1S/C17H27N3/c1-3-11-19(12-4-1)17-9-7-16(8-10-17)15-18-20-13-5-2-6-14-20/h7-10,18H,1-6,11-15H2. The minimum Gasteiger partial charge on any atom is -0.372 e. The molecule has 0 atom stereocenters. The van der Waals surface area contributed by atoms with Crippen molar-refractivity contribution in [1.82, 2.24) is 10.4 Å². The highest BCUT2D eigenvalue weighted by molar-refractivity contribution is 5.47. The third-order valence-electron chi connectivity index (χ3n) is 4.52. The van der Waals surface area contributed by atoms with E-state index in [1.807, 2.05) is 0 Å². The maximum atomic E-state index is 3.56. The second-order valence-electron chi connectivity index (χ2n) is 6.10. The molecule has 0 unspecified atom stereocenters. The number of hydrazine groups is 1. The molecule has 1 aromatic rings. The Morgan fingerprint density at radius 2 is 1.35 bits per heavy atom. The van der Waals surface area contributed by atoms with Gasteiger partial charge in [-0.1, -0.05) is 18.6 Å². The molecule has 1 N–H and O–H groups in total. The first-order valence-corrected chi connectivity index (χ1v) is 8.24. The molecular weight excluding hydrogens is 246 g/mol. The minimum absolute atomic E-state index is 0.959. The van der Waals surface area contributed by atoms with Crippen LogP contribution in [0.1, 0.15) is 44.1 Å². The summed E-state index contributed by atoms with van der Waals surface area (Å²) in [7, 11) is 0. The number of benzene rings is 1. The quantitative estimate of drug-likeness (QED) is 0.909. The SMILES string of the molecule is c1cc(N2CCCCC2)ccc1CNN1CCCCC1. The zero-order chi connectivity index (χ0) is 13.6. The summed E-state index contributed by atoms with van der Waals surface area (Å²) >= 11 is 0. The van der Waals surface area contributed by atoms with Crippen LogP contribution in [-0.2, 0) is 6.54 Å². The highest BCUT2D eigenvalue weighted by atomic mass is 15.5. The van der Waals surface area contributed by atoms with Crippen molar-refractivity contribution >= 4 is 5.69 Å². The number of nitrogens with zero attached hydrogens (tertiary/aromatic N) is 2. The van der Waals surface area contributed by atoms with Crippen LogP contribution in [0.4, 0.5) is 5.69 Å². The number of hydrogen-bond donors (Lipinski definition) is 1. The molecule has 0 amide bonds. The van der Waals surface area contributed by atoms with Crippen molar-refractivity contribution in [2.45, 2.75) is 45.1 Å². The molecule has 2 saturated heterocycles. The maximum Gasteiger partial charge on any atom is 0.0366 e. The zero-order valence-corrected chi connectivity index (χ0v) is 12.5. The molecule has 3 nitrogen and oxygen atoms in total. The van der Waals surface area contributed by atoms with Gasteiger partial charge in [0, 0.05) is 38.4 Å². The van der Waals surface area contributed by atoms with E-state index in [0.717, 1.165) is 6.54 Å². The van der Waals surface area contributed by atoms with E-state index >= 15 is 0 Å². The van der Waals surface area contributed by atoms with Gasteiger partial charge in [-0.3, -0.25) is 5.43 Å². The topological polar surface area (TPSA) is 18.5 Å². The summed E-state index contributed by atoms with van der Waals surface area (Å²) in [5.41, 5.74) is 6.34. The molecule has 0 aromatic heterocycles. The van der Waals surface area contributed by atoms with E-state index in [1.54, 1.807) is 0 Å². The Morgan fingerprint density at radius 1 is 0.750 bits per heavy atom. The van der Waals surface area contributed by atoms with Crippen LogP contribution in [0.25, 0.3) is 0 Å². The van der Waals surface area contributed by atoms with Crippen LogP contribution < -0.4 is 10.3 Å². The van der Waals surface area contributed by atoms with Crippen LogP contribution in [0.2, 0.25) is 0 Å². The van der Waals surface area contributed by atoms with E-state index in [1.165, 1.54) is 76.0 Å². The Bertz CT molecular complexity index is 389. The molecule has 0 bridgehead atoms. The van der Waals surface area contributed by atoms with Crippen LogP contribution in [-0.4, -0.2) is 31.2 Å². The van der Waals surface area contributed by atoms with Gasteiger partial charge < -0.3 is 4.90 Å². The second-order valence-corrected chi connectivity index (χ2v) is 6.10. The molecule has 3 heteroatoms. The van der Waals surface area contributed by atoms with E-state index in [4.69, 9.17) is 0 Å². The third kappa shape index (κ3) is 3.74. The third-order valence-corrected chi connectivity index (χ3v) is 4.52. The van der Waals surface area contributed by atoms with Crippen LogP contribution in [0.3, 0.4) is 0 Å². The molecule has 1 aromatic carbocycles. The Balaban J connectivity index is 1.50. The summed E-state index contributed by atoms with van der Waals surface area (Å²) in [5, 5.41) is 2.38. The Kier molecular flexibility index (Phi) is 4.93. The van der Waals surface area contributed by atoms with E-state index in [0.29, 0.717) is 0 Å². The van der Waals surface area contributed by atoms with Gasteiger partial charge >= 0.3 is 0 Å². The van der Waals surface area contributed by atoms with Crippen molar-refractivity contribution in [3.05, 3.63) is 29.8 Å². The lowest BCUT2D eigenvalue weighted by molar-refractivity contribution is 0.151. The fourth-order valence-electron chi connectivity index (χ4n) is 3.23. The minimum atomic E-state index is 0.959. The van der Waals surface area contributed by atoms with Gasteiger partial charge in [-0.15, -0.1) is 0 Å². The lowest BCUT2D eigenvalue weighted by atomic mass is 10.1. The molecule has 110 valence electrons. The molecule has 0 saturated carbocycles. The summed E-state index contributed by atoms with van der Waals surface area (Å²) < 4.78 is 0. The Morgan fingerprint density at radius 3 is 2.00 bits per heavy atom. The molecule has 2 aliphatic heterocycles. The fourth-order valence-corrected chi connectivity index (χ4v) is 3.23. The smallest absolute Gasteiger partial charge is 0.0366 e. The lowest BCUT2D eigenvalue weighted by Crippen LogP contribution is -2.41. The van der Waals surface area contributed by atoms with E-state index < -0.39 is 0 Å². The van der Waals surface area contributed by atoms with Crippen LogP contribution in [0.5, 0.6) is 0 Å². The van der Waals surface area contributed by atoms with Crippen molar-refractivity contribution in [3.63, 3.8) is 0 Å². The van der Waals surface area contributed by atoms with Crippen molar-refractivity contribution in [2.24, 2.45) is 0 Å². The van der Waals surface area contributed by atoms with Crippen molar-refractivity contribution in [2.75, 3.05) is 31.1 Å². The summed E-state index contributed by atoms with van der Waals surface area (Å²) in [4.78, 5) is 2.52. The van der Waals surface area contributed by atoms with Crippen molar-refractivity contribution in [3.8, 4) is 0 Å².